The highest BCUT2D eigenvalue weighted by molar-refractivity contribution is 14.0. The van der Waals surface area contributed by atoms with Crippen LogP contribution in [0.5, 0.6) is 0 Å². The summed E-state index contributed by atoms with van der Waals surface area (Å²) in [5.74, 6) is 1.56. The number of morpholine rings is 1. The second-order valence-corrected chi connectivity index (χ2v) is 6.10. The van der Waals surface area contributed by atoms with E-state index >= 15 is 0 Å². The van der Waals surface area contributed by atoms with Gasteiger partial charge in [0.2, 0.25) is 0 Å². The van der Waals surface area contributed by atoms with Crippen molar-refractivity contribution in [2.45, 2.75) is 46.6 Å². The van der Waals surface area contributed by atoms with Crippen molar-refractivity contribution < 1.29 is 4.74 Å². The molecule has 1 aliphatic heterocycles. The molecule has 0 aromatic rings. The van der Waals surface area contributed by atoms with Crippen LogP contribution in [0.3, 0.4) is 0 Å². The lowest BCUT2D eigenvalue weighted by Gasteiger charge is -2.26. The van der Waals surface area contributed by atoms with Crippen molar-refractivity contribution in [2.75, 3.05) is 45.9 Å². The Kier molecular flexibility index (Phi) is 13.3. The van der Waals surface area contributed by atoms with Crippen LogP contribution in [0.1, 0.15) is 40.5 Å². The number of hydrogen-bond acceptors (Lipinski definition) is 3. The van der Waals surface area contributed by atoms with E-state index in [1.54, 1.807) is 0 Å². The number of rotatable bonds is 8. The highest BCUT2D eigenvalue weighted by Crippen LogP contribution is 2.01. The van der Waals surface area contributed by atoms with E-state index in [4.69, 9.17) is 4.74 Å². The first-order chi connectivity index (χ1) is 10.1. The predicted molar refractivity (Wildman–Crippen MR) is 105 cm³/mol. The van der Waals surface area contributed by atoms with Gasteiger partial charge in [0, 0.05) is 32.2 Å². The number of nitrogens with one attached hydrogen (secondary N) is 2. The van der Waals surface area contributed by atoms with Crippen LogP contribution in [0, 0.1) is 5.92 Å². The first-order valence-electron chi connectivity index (χ1n) is 8.48. The zero-order chi connectivity index (χ0) is 15.5. The molecule has 6 heteroatoms. The minimum atomic E-state index is 0. The molecule has 1 saturated heterocycles. The quantitative estimate of drug-likeness (QED) is 0.271. The number of ether oxygens (including phenoxy) is 1. The van der Waals surface area contributed by atoms with Gasteiger partial charge in [-0.25, -0.2) is 0 Å². The molecule has 1 atom stereocenters. The van der Waals surface area contributed by atoms with Gasteiger partial charge in [-0.3, -0.25) is 9.89 Å². The van der Waals surface area contributed by atoms with Crippen LogP contribution in [0.4, 0.5) is 0 Å². The summed E-state index contributed by atoms with van der Waals surface area (Å²) in [5.41, 5.74) is 0. The molecular weight excluding hydrogens is 391 g/mol. The average Bonchev–Trinajstić information content (AvgIpc) is 2.48. The third kappa shape index (κ3) is 9.84. The summed E-state index contributed by atoms with van der Waals surface area (Å²) in [5, 5.41) is 6.79. The van der Waals surface area contributed by atoms with Crippen molar-refractivity contribution >= 4 is 29.9 Å². The molecule has 0 amide bonds. The van der Waals surface area contributed by atoms with Crippen molar-refractivity contribution in [2.24, 2.45) is 10.9 Å². The topological polar surface area (TPSA) is 48.9 Å². The summed E-state index contributed by atoms with van der Waals surface area (Å²) in [7, 11) is 0. The van der Waals surface area contributed by atoms with Gasteiger partial charge in [-0.05, 0) is 39.2 Å². The van der Waals surface area contributed by atoms with Crippen LogP contribution >= 0.6 is 24.0 Å². The van der Waals surface area contributed by atoms with E-state index in [2.05, 4.69) is 48.2 Å². The summed E-state index contributed by atoms with van der Waals surface area (Å²) < 4.78 is 5.36. The highest BCUT2D eigenvalue weighted by Gasteiger charge is 2.10. The fourth-order valence-corrected chi connectivity index (χ4v) is 2.17. The number of nitrogens with zero attached hydrogens (tertiary/aromatic N) is 2. The first-order valence-corrected chi connectivity index (χ1v) is 8.48. The number of aliphatic imine (C=N–C) groups is 1. The molecule has 1 rings (SSSR count). The number of guanidine groups is 1. The van der Waals surface area contributed by atoms with Crippen LogP contribution < -0.4 is 10.6 Å². The van der Waals surface area contributed by atoms with Crippen LogP contribution in [0.25, 0.3) is 0 Å². The second kappa shape index (κ2) is 13.4. The Bertz CT molecular complexity index is 294. The van der Waals surface area contributed by atoms with Crippen molar-refractivity contribution in [3.05, 3.63) is 0 Å². The highest BCUT2D eigenvalue weighted by atomic mass is 127. The van der Waals surface area contributed by atoms with E-state index in [1.807, 2.05) is 0 Å². The molecule has 22 heavy (non-hydrogen) atoms. The summed E-state index contributed by atoms with van der Waals surface area (Å²) in [6.07, 6.45) is 2.35. The van der Waals surface area contributed by atoms with Gasteiger partial charge >= 0.3 is 0 Å². The van der Waals surface area contributed by atoms with Gasteiger partial charge in [-0.2, -0.15) is 0 Å². The largest absolute Gasteiger partial charge is 0.379 e. The second-order valence-electron chi connectivity index (χ2n) is 6.10. The molecule has 0 aliphatic carbocycles. The zero-order valence-electron chi connectivity index (χ0n) is 14.7. The summed E-state index contributed by atoms with van der Waals surface area (Å²) in [4.78, 5) is 7.15. The molecule has 0 bridgehead atoms. The normalized spacial score (nSPS) is 18.0. The molecule has 0 radical (unpaired) electrons. The van der Waals surface area contributed by atoms with Crippen LogP contribution in [-0.4, -0.2) is 62.8 Å². The van der Waals surface area contributed by atoms with Crippen molar-refractivity contribution in [3.8, 4) is 0 Å². The Labute approximate surface area is 153 Å². The lowest BCUT2D eigenvalue weighted by molar-refractivity contribution is 0.0373. The van der Waals surface area contributed by atoms with Gasteiger partial charge in [-0.15, -0.1) is 24.0 Å². The maximum atomic E-state index is 5.36. The van der Waals surface area contributed by atoms with E-state index < -0.39 is 0 Å². The molecule has 132 valence electrons. The Hall–Kier alpha value is -0.0800. The van der Waals surface area contributed by atoms with Crippen LogP contribution in [0.15, 0.2) is 4.99 Å². The smallest absolute Gasteiger partial charge is 0.191 e. The Balaban J connectivity index is 0.00000441. The predicted octanol–water partition coefficient (Wildman–Crippen LogP) is 2.32. The molecule has 0 saturated carbocycles. The van der Waals surface area contributed by atoms with E-state index in [0.29, 0.717) is 12.0 Å². The molecule has 1 unspecified atom stereocenters. The Morgan fingerprint density at radius 3 is 2.45 bits per heavy atom. The fourth-order valence-electron chi connectivity index (χ4n) is 2.17. The molecule has 0 spiro atoms. The molecule has 2 N–H and O–H groups in total. The van der Waals surface area contributed by atoms with Crippen molar-refractivity contribution in [1.29, 1.82) is 0 Å². The molecule has 0 aromatic heterocycles. The maximum absolute atomic E-state index is 5.36. The fraction of sp³-hybridized carbons (Fsp3) is 0.938. The third-order valence-electron chi connectivity index (χ3n) is 3.96. The van der Waals surface area contributed by atoms with Gasteiger partial charge in [-0.1, -0.05) is 13.8 Å². The maximum Gasteiger partial charge on any atom is 0.191 e. The van der Waals surface area contributed by atoms with Gasteiger partial charge in [0.25, 0.3) is 0 Å². The number of unbranched alkanes of at least 4 members (excludes halogenated alkanes) is 1. The summed E-state index contributed by atoms with van der Waals surface area (Å²) >= 11 is 0. The number of halogens is 1. The summed E-state index contributed by atoms with van der Waals surface area (Å²) in [6, 6.07) is 0.441. The lowest BCUT2D eigenvalue weighted by Crippen LogP contribution is -2.44. The Morgan fingerprint density at radius 1 is 1.18 bits per heavy atom. The summed E-state index contributed by atoms with van der Waals surface area (Å²) in [6.45, 7) is 15.7. The molecule has 0 aromatic carbocycles. The van der Waals surface area contributed by atoms with Crippen LogP contribution in [-0.2, 0) is 4.74 Å². The van der Waals surface area contributed by atoms with Crippen molar-refractivity contribution in [1.82, 2.24) is 15.5 Å². The SMILES string of the molecule is CCNC(=NCCCCN1CCOCC1)NC(C)C(C)C.I. The molecule has 1 aliphatic rings. The molecule has 5 nitrogen and oxygen atoms in total. The van der Waals surface area contributed by atoms with E-state index in [1.165, 1.54) is 13.0 Å². The van der Waals surface area contributed by atoms with Crippen LogP contribution in [0.2, 0.25) is 0 Å². The van der Waals surface area contributed by atoms with E-state index in [9.17, 15) is 0 Å². The van der Waals surface area contributed by atoms with Gasteiger partial charge < -0.3 is 15.4 Å². The standard InChI is InChI=1S/C16H34N4O.HI/c1-5-17-16(19-15(4)14(2)3)18-8-6-7-9-20-10-12-21-13-11-20;/h14-15H,5-13H2,1-4H3,(H2,17,18,19);1H. The van der Waals surface area contributed by atoms with Gasteiger partial charge in [0.1, 0.15) is 0 Å². The van der Waals surface area contributed by atoms with Gasteiger partial charge in [0.05, 0.1) is 13.2 Å². The van der Waals surface area contributed by atoms with E-state index in [0.717, 1.165) is 51.8 Å². The van der Waals surface area contributed by atoms with Crippen molar-refractivity contribution in [3.63, 3.8) is 0 Å². The Morgan fingerprint density at radius 2 is 1.86 bits per heavy atom. The monoisotopic (exact) mass is 426 g/mol. The van der Waals surface area contributed by atoms with Gasteiger partial charge in [0.15, 0.2) is 5.96 Å². The van der Waals surface area contributed by atoms with E-state index in [-0.39, 0.29) is 24.0 Å². The third-order valence-corrected chi connectivity index (χ3v) is 3.96. The minimum Gasteiger partial charge on any atom is -0.379 e. The molecule has 1 heterocycles. The number of hydrogen-bond donors (Lipinski definition) is 2. The minimum absolute atomic E-state index is 0. The molecule has 1 fully saturated rings. The zero-order valence-corrected chi connectivity index (χ0v) is 17.1. The lowest BCUT2D eigenvalue weighted by atomic mass is 10.1. The molecular formula is C16H35IN4O. The first kappa shape index (κ1) is 21.9. The average molecular weight is 426 g/mol.